The van der Waals surface area contributed by atoms with E-state index >= 15 is 0 Å². The highest BCUT2D eigenvalue weighted by atomic mass is 16.5. The Hall–Kier alpha value is -1.66. The molecule has 0 spiro atoms. The van der Waals surface area contributed by atoms with E-state index in [2.05, 4.69) is 43.5 Å². The van der Waals surface area contributed by atoms with Gasteiger partial charge in [0.25, 0.3) is 0 Å². The van der Waals surface area contributed by atoms with Gasteiger partial charge in [-0.1, -0.05) is 398 Å². The van der Waals surface area contributed by atoms with Crippen molar-refractivity contribution in [3.63, 3.8) is 0 Å². The van der Waals surface area contributed by atoms with Crippen molar-refractivity contribution in [2.45, 2.75) is 475 Å². The monoisotopic (exact) mass is 1240 g/mol. The van der Waals surface area contributed by atoms with Crippen LogP contribution >= 0.6 is 0 Å². The number of unbranched alkanes of at least 4 members (excludes halogenated alkanes) is 62. The number of ether oxygens (including phenoxy) is 1. The van der Waals surface area contributed by atoms with Crippen molar-refractivity contribution in [2.75, 3.05) is 13.2 Å². The number of aliphatic hydroxyl groups is 2. The first-order valence-corrected chi connectivity index (χ1v) is 40.6. The predicted molar refractivity (Wildman–Crippen MR) is 389 cm³/mol. The molecule has 2 unspecified atom stereocenters. The van der Waals surface area contributed by atoms with Gasteiger partial charge in [-0.05, 0) is 77.0 Å². The van der Waals surface area contributed by atoms with E-state index in [1.165, 1.54) is 385 Å². The molecular formula is C82H159NO5. The molecule has 0 aliphatic carbocycles. The molecule has 0 aromatic rings. The minimum atomic E-state index is -0.662. The molecule has 6 nitrogen and oxygen atoms in total. The van der Waals surface area contributed by atoms with Crippen LogP contribution in [0, 0.1) is 0 Å². The zero-order chi connectivity index (χ0) is 63.5. The summed E-state index contributed by atoms with van der Waals surface area (Å²) in [6.45, 7) is 4.99. The molecule has 0 bridgehead atoms. The molecule has 0 saturated carbocycles. The van der Waals surface area contributed by atoms with E-state index in [1.807, 2.05) is 0 Å². The minimum Gasteiger partial charge on any atom is -0.466 e. The number of hydrogen-bond acceptors (Lipinski definition) is 5. The number of rotatable bonds is 77. The van der Waals surface area contributed by atoms with Gasteiger partial charge in [0.1, 0.15) is 0 Å². The summed E-state index contributed by atoms with van der Waals surface area (Å²) in [5.41, 5.74) is 0. The molecule has 2 atom stereocenters. The molecule has 0 aromatic heterocycles. The van der Waals surface area contributed by atoms with Gasteiger partial charge in [-0.3, -0.25) is 9.59 Å². The van der Waals surface area contributed by atoms with Gasteiger partial charge in [0.05, 0.1) is 25.4 Å². The van der Waals surface area contributed by atoms with Crippen molar-refractivity contribution >= 4 is 11.9 Å². The molecule has 0 aromatic carbocycles. The normalized spacial score (nSPS) is 12.5. The Balaban J connectivity index is 3.33. The van der Waals surface area contributed by atoms with E-state index in [0.717, 1.165) is 44.9 Å². The molecule has 88 heavy (non-hydrogen) atoms. The maximum Gasteiger partial charge on any atom is 0.305 e. The molecule has 3 N–H and O–H groups in total. The third-order valence-corrected chi connectivity index (χ3v) is 19.2. The van der Waals surface area contributed by atoms with Crippen molar-refractivity contribution < 1.29 is 24.5 Å². The number of allylic oxidation sites excluding steroid dienone is 4. The van der Waals surface area contributed by atoms with Gasteiger partial charge in [-0.25, -0.2) is 0 Å². The summed E-state index contributed by atoms with van der Waals surface area (Å²) < 4.78 is 5.49. The summed E-state index contributed by atoms with van der Waals surface area (Å²) in [5, 5.41) is 23.5. The van der Waals surface area contributed by atoms with E-state index in [1.54, 1.807) is 0 Å². The number of nitrogens with one attached hydrogen (secondary N) is 1. The number of carbonyl (C=O) groups is 2. The zero-order valence-corrected chi connectivity index (χ0v) is 60.0. The Labute approximate surface area is 551 Å². The van der Waals surface area contributed by atoms with Gasteiger partial charge in [0, 0.05) is 12.8 Å². The standard InChI is InChI=1S/C82H159NO5/c1-3-5-7-9-11-13-15-17-18-19-20-38-41-44-47-51-54-58-62-66-70-74-80(85)79(78-84)83-81(86)75-71-67-63-59-55-52-48-45-42-39-36-34-32-30-28-26-24-22-21-23-25-27-29-31-33-35-37-40-43-46-49-53-57-61-65-69-73-77-88-82(87)76-72-68-64-60-56-50-16-14-12-10-8-6-4-2/h14,16,21,23,79-80,84-85H,3-13,15,17-20,22,24-78H2,1-2H3,(H,83,86)/b16-14-,23-21-. The van der Waals surface area contributed by atoms with Gasteiger partial charge in [-0.15, -0.1) is 0 Å². The van der Waals surface area contributed by atoms with E-state index in [9.17, 15) is 19.8 Å². The smallest absolute Gasteiger partial charge is 0.305 e. The molecule has 0 aliphatic rings. The Morgan fingerprint density at radius 3 is 0.818 bits per heavy atom. The molecule has 522 valence electrons. The Kier molecular flexibility index (Phi) is 76.3. The lowest BCUT2D eigenvalue weighted by molar-refractivity contribution is -0.143. The van der Waals surface area contributed by atoms with Crippen LogP contribution in [0.1, 0.15) is 463 Å². The van der Waals surface area contributed by atoms with Crippen LogP contribution in [0.4, 0.5) is 0 Å². The average Bonchev–Trinajstić information content (AvgIpc) is 3.59. The van der Waals surface area contributed by atoms with E-state index in [4.69, 9.17) is 4.74 Å². The van der Waals surface area contributed by atoms with Crippen LogP contribution in [0.2, 0.25) is 0 Å². The summed E-state index contributed by atoms with van der Waals surface area (Å²) in [5.74, 6) is -0.0125. The molecular weight excluding hydrogens is 1080 g/mol. The maximum absolute atomic E-state index is 12.6. The highest BCUT2D eigenvalue weighted by Crippen LogP contribution is 2.20. The first kappa shape index (κ1) is 86.3. The second-order valence-electron chi connectivity index (χ2n) is 28.1. The molecule has 1 amide bonds. The first-order valence-electron chi connectivity index (χ1n) is 40.6. The van der Waals surface area contributed by atoms with Gasteiger partial charge >= 0.3 is 5.97 Å². The van der Waals surface area contributed by atoms with Crippen molar-refractivity contribution in [3.8, 4) is 0 Å². The molecule has 0 heterocycles. The number of hydrogen-bond donors (Lipinski definition) is 3. The summed E-state index contributed by atoms with van der Waals surface area (Å²) in [4.78, 5) is 24.6. The lowest BCUT2D eigenvalue weighted by Crippen LogP contribution is -2.45. The Morgan fingerprint density at radius 1 is 0.307 bits per heavy atom. The van der Waals surface area contributed by atoms with Crippen LogP contribution in [0.3, 0.4) is 0 Å². The van der Waals surface area contributed by atoms with Crippen molar-refractivity contribution in [1.29, 1.82) is 0 Å². The predicted octanol–water partition coefficient (Wildman–Crippen LogP) is 26.8. The highest BCUT2D eigenvalue weighted by Gasteiger charge is 2.20. The van der Waals surface area contributed by atoms with Gasteiger partial charge in [-0.2, -0.15) is 0 Å². The van der Waals surface area contributed by atoms with Gasteiger partial charge < -0.3 is 20.3 Å². The first-order chi connectivity index (χ1) is 43.5. The number of amides is 1. The van der Waals surface area contributed by atoms with Crippen LogP contribution in [-0.2, 0) is 14.3 Å². The maximum atomic E-state index is 12.6. The molecule has 0 rings (SSSR count). The lowest BCUT2D eigenvalue weighted by atomic mass is 10.0. The van der Waals surface area contributed by atoms with Crippen LogP contribution in [-0.4, -0.2) is 47.4 Å². The third kappa shape index (κ3) is 73.4. The van der Waals surface area contributed by atoms with Gasteiger partial charge in [0.15, 0.2) is 0 Å². The van der Waals surface area contributed by atoms with Crippen LogP contribution in [0.25, 0.3) is 0 Å². The van der Waals surface area contributed by atoms with E-state index < -0.39 is 12.1 Å². The summed E-state index contributed by atoms with van der Waals surface area (Å²) in [6, 6.07) is -0.539. The zero-order valence-electron chi connectivity index (χ0n) is 60.0. The number of carbonyl (C=O) groups excluding carboxylic acids is 2. The molecule has 0 saturated heterocycles. The fraction of sp³-hybridized carbons (Fsp3) is 0.927. The van der Waals surface area contributed by atoms with E-state index in [-0.39, 0.29) is 18.5 Å². The van der Waals surface area contributed by atoms with Crippen LogP contribution in [0.15, 0.2) is 24.3 Å². The lowest BCUT2D eigenvalue weighted by Gasteiger charge is -2.22. The van der Waals surface area contributed by atoms with Crippen molar-refractivity contribution in [1.82, 2.24) is 5.32 Å². The topological polar surface area (TPSA) is 95.9 Å². The SMILES string of the molecule is CCCCCC/C=C\CCCCCCCC(=O)OCCCCCCCCCCCCCCCCCC/C=C\CCCCCCCCCCCCCCCCCCCC(=O)NC(CO)C(O)CCCCCCCCCCCCCCCCCCCCCCC. The van der Waals surface area contributed by atoms with Crippen LogP contribution in [0.5, 0.6) is 0 Å². The molecule has 0 fully saturated rings. The molecule has 0 aliphatic heterocycles. The second kappa shape index (κ2) is 77.8. The Bertz CT molecular complexity index is 1380. The molecule has 0 radical (unpaired) electrons. The Morgan fingerprint density at radius 2 is 0.534 bits per heavy atom. The fourth-order valence-electron chi connectivity index (χ4n) is 13.0. The third-order valence-electron chi connectivity index (χ3n) is 19.2. The van der Waals surface area contributed by atoms with E-state index in [0.29, 0.717) is 25.9 Å². The minimum absolute atomic E-state index is 0.0130. The number of aliphatic hydroxyl groups excluding tert-OH is 2. The number of esters is 1. The van der Waals surface area contributed by atoms with Gasteiger partial charge in [0.2, 0.25) is 5.91 Å². The summed E-state index contributed by atoms with van der Waals surface area (Å²) in [6.07, 6.45) is 100.0. The fourth-order valence-corrected chi connectivity index (χ4v) is 13.0. The summed E-state index contributed by atoms with van der Waals surface area (Å²) in [7, 11) is 0. The molecule has 6 heteroatoms. The largest absolute Gasteiger partial charge is 0.466 e. The second-order valence-corrected chi connectivity index (χ2v) is 28.1. The average molecular weight is 1240 g/mol. The summed E-state index contributed by atoms with van der Waals surface area (Å²) >= 11 is 0. The highest BCUT2D eigenvalue weighted by molar-refractivity contribution is 5.76. The van der Waals surface area contributed by atoms with Crippen LogP contribution < -0.4 is 5.32 Å². The van der Waals surface area contributed by atoms with Crippen molar-refractivity contribution in [3.05, 3.63) is 24.3 Å². The quantitative estimate of drug-likeness (QED) is 0.0320. The van der Waals surface area contributed by atoms with Crippen molar-refractivity contribution in [2.24, 2.45) is 0 Å².